The zero-order valence-electron chi connectivity index (χ0n) is 16.0. The summed E-state index contributed by atoms with van der Waals surface area (Å²) in [7, 11) is 4.51. The van der Waals surface area contributed by atoms with Gasteiger partial charge in [-0.1, -0.05) is 44.2 Å². The second-order valence-electron chi connectivity index (χ2n) is 8.39. The molecule has 2 aliphatic rings. The van der Waals surface area contributed by atoms with Gasteiger partial charge in [0.05, 0.1) is 0 Å². The lowest BCUT2D eigenvalue weighted by Crippen LogP contribution is -2.44. The topological polar surface area (TPSA) is 9.72 Å². The monoisotopic (exact) mass is 329 g/mol. The maximum absolute atomic E-state index is 2.80. The first-order valence-corrected chi connectivity index (χ1v) is 9.71. The van der Waals surface area contributed by atoms with E-state index in [1.165, 1.54) is 44.6 Å². The Bertz CT molecular complexity index is 475. The summed E-state index contributed by atoms with van der Waals surface area (Å²) >= 11 is 0. The summed E-state index contributed by atoms with van der Waals surface area (Å²) in [4.78, 5) is 7.88. The third kappa shape index (κ3) is 4.19. The fourth-order valence-electron chi connectivity index (χ4n) is 4.63. The molecule has 2 saturated heterocycles. The van der Waals surface area contributed by atoms with E-state index in [1.54, 1.807) is 0 Å². The molecule has 1 aromatic carbocycles. The van der Waals surface area contributed by atoms with E-state index < -0.39 is 0 Å². The number of hydrogen-bond acceptors (Lipinski definition) is 3. The van der Waals surface area contributed by atoms with Gasteiger partial charge in [-0.25, -0.2) is 0 Å². The van der Waals surface area contributed by atoms with Crippen molar-refractivity contribution in [1.29, 1.82) is 0 Å². The Labute approximate surface area is 148 Å². The molecule has 0 unspecified atom stereocenters. The highest BCUT2D eigenvalue weighted by Gasteiger charge is 2.39. The quantitative estimate of drug-likeness (QED) is 0.821. The van der Waals surface area contributed by atoms with Crippen LogP contribution in [-0.2, 0) is 6.54 Å². The first-order chi connectivity index (χ1) is 11.5. The molecule has 0 N–H and O–H groups in total. The van der Waals surface area contributed by atoms with Crippen LogP contribution >= 0.6 is 0 Å². The molecule has 2 fully saturated rings. The van der Waals surface area contributed by atoms with Crippen LogP contribution in [0.3, 0.4) is 0 Å². The Morgan fingerprint density at radius 1 is 1.04 bits per heavy atom. The third-order valence-electron chi connectivity index (χ3n) is 6.20. The van der Waals surface area contributed by atoms with Crippen molar-refractivity contribution in [2.24, 2.45) is 11.8 Å². The molecule has 3 heteroatoms. The fraction of sp³-hybridized carbons (Fsp3) is 0.714. The summed E-state index contributed by atoms with van der Waals surface area (Å²) in [6, 6.07) is 12.4. The van der Waals surface area contributed by atoms with E-state index >= 15 is 0 Å². The Hall–Kier alpha value is -0.900. The zero-order valence-corrected chi connectivity index (χ0v) is 16.0. The molecule has 0 spiro atoms. The van der Waals surface area contributed by atoms with Crippen molar-refractivity contribution in [3.63, 3.8) is 0 Å². The Balaban J connectivity index is 1.51. The predicted molar refractivity (Wildman–Crippen MR) is 102 cm³/mol. The molecule has 3 rings (SSSR count). The maximum atomic E-state index is 2.80. The van der Waals surface area contributed by atoms with E-state index in [4.69, 9.17) is 0 Å². The van der Waals surface area contributed by atoms with Gasteiger partial charge in [0.25, 0.3) is 0 Å². The van der Waals surface area contributed by atoms with Gasteiger partial charge in [-0.2, -0.15) is 0 Å². The fourth-order valence-corrected chi connectivity index (χ4v) is 4.63. The summed E-state index contributed by atoms with van der Waals surface area (Å²) in [6.45, 7) is 11.0. The van der Waals surface area contributed by atoms with Crippen LogP contribution in [0, 0.1) is 11.8 Å². The van der Waals surface area contributed by atoms with Gasteiger partial charge in [-0.05, 0) is 57.4 Å². The maximum Gasteiger partial charge on any atom is 0.0260 e. The predicted octanol–water partition coefficient (Wildman–Crippen LogP) is 3.17. The standard InChI is InChI=1S/C21H35N3/c1-17(2)20-15-24(16-21(20)22(3)4)19-10-12-23(13-11-19)14-18-8-6-5-7-9-18/h5-9,17,19-21H,10-16H2,1-4H3/t20-,21+/m0/s1. The van der Waals surface area contributed by atoms with Gasteiger partial charge < -0.3 is 4.90 Å². The normalized spacial score (nSPS) is 27.4. The highest BCUT2D eigenvalue weighted by Crippen LogP contribution is 2.31. The van der Waals surface area contributed by atoms with Crippen LogP contribution in [0.15, 0.2) is 30.3 Å². The van der Waals surface area contributed by atoms with Crippen molar-refractivity contribution >= 4 is 0 Å². The number of rotatable bonds is 5. The van der Waals surface area contributed by atoms with Gasteiger partial charge in [-0.15, -0.1) is 0 Å². The molecule has 0 bridgehead atoms. The van der Waals surface area contributed by atoms with E-state index in [2.05, 4.69) is 73.0 Å². The summed E-state index contributed by atoms with van der Waals surface area (Å²) < 4.78 is 0. The van der Waals surface area contributed by atoms with Crippen LogP contribution in [0.5, 0.6) is 0 Å². The highest BCUT2D eigenvalue weighted by atomic mass is 15.3. The van der Waals surface area contributed by atoms with Gasteiger partial charge >= 0.3 is 0 Å². The number of benzene rings is 1. The van der Waals surface area contributed by atoms with E-state index in [9.17, 15) is 0 Å². The molecule has 3 nitrogen and oxygen atoms in total. The van der Waals surface area contributed by atoms with Crippen LogP contribution in [-0.4, -0.2) is 67.1 Å². The molecule has 2 heterocycles. The van der Waals surface area contributed by atoms with Crippen LogP contribution < -0.4 is 0 Å². The van der Waals surface area contributed by atoms with Gasteiger partial charge in [-0.3, -0.25) is 9.80 Å². The minimum Gasteiger partial charge on any atom is -0.305 e. The molecule has 0 saturated carbocycles. The van der Waals surface area contributed by atoms with Crippen molar-refractivity contribution in [2.75, 3.05) is 40.3 Å². The van der Waals surface area contributed by atoms with Crippen molar-refractivity contribution in [2.45, 2.75) is 45.3 Å². The molecule has 134 valence electrons. The number of hydrogen-bond donors (Lipinski definition) is 0. The van der Waals surface area contributed by atoms with Crippen molar-refractivity contribution in [3.8, 4) is 0 Å². The molecular formula is C21H35N3. The molecular weight excluding hydrogens is 294 g/mol. The molecule has 2 aliphatic heterocycles. The van der Waals surface area contributed by atoms with E-state index in [0.717, 1.165) is 30.5 Å². The van der Waals surface area contributed by atoms with Crippen molar-refractivity contribution < 1.29 is 0 Å². The first-order valence-electron chi connectivity index (χ1n) is 9.71. The Morgan fingerprint density at radius 2 is 1.71 bits per heavy atom. The Morgan fingerprint density at radius 3 is 2.25 bits per heavy atom. The van der Waals surface area contributed by atoms with Crippen molar-refractivity contribution in [1.82, 2.24) is 14.7 Å². The molecule has 1 aromatic rings. The van der Waals surface area contributed by atoms with Crippen molar-refractivity contribution in [3.05, 3.63) is 35.9 Å². The van der Waals surface area contributed by atoms with Crippen LogP contribution in [0.2, 0.25) is 0 Å². The Kier molecular flexibility index (Phi) is 5.96. The molecule has 0 radical (unpaired) electrons. The molecule has 0 aliphatic carbocycles. The van der Waals surface area contributed by atoms with Crippen LogP contribution in [0.1, 0.15) is 32.3 Å². The van der Waals surface area contributed by atoms with Crippen LogP contribution in [0.25, 0.3) is 0 Å². The van der Waals surface area contributed by atoms with Gasteiger partial charge in [0, 0.05) is 31.7 Å². The average Bonchev–Trinajstić information content (AvgIpc) is 3.02. The second-order valence-corrected chi connectivity index (χ2v) is 8.39. The lowest BCUT2D eigenvalue weighted by Gasteiger charge is -2.37. The number of likely N-dealkylation sites (tertiary alicyclic amines) is 2. The zero-order chi connectivity index (χ0) is 17.1. The average molecular weight is 330 g/mol. The van der Waals surface area contributed by atoms with Gasteiger partial charge in [0.15, 0.2) is 0 Å². The van der Waals surface area contributed by atoms with E-state index in [0.29, 0.717) is 0 Å². The SMILES string of the molecule is CC(C)[C@@H]1CN(C2CCN(Cc3ccccc3)CC2)C[C@H]1N(C)C. The minimum absolute atomic E-state index is 0.729. The summed E-state index contributed by atoms with van der Waals surface area (Å²) in [5.74, 6) is 1.60. The first kappa shape index (κ1) is 17.9. The lowest BCUT2D eigenvalue weighted by atomic mass is 9.91. The number of piperidine rings is 1. The number of nitrogens with zero attached hydrogens (tertiary/aromatic N) is 3. The lowest BCUT2D eigenvalue weighted by molar-refractivity contribution is 0.116. The summed E-state index contributed by atoms with van der Waals surface area (Å²) in [5.41, 5.74) is 1.45. The minimum atomic E-state index is 0.729. The smallest absolute Gasteiger partial charge is 0.0260 e. The van der Waals surface area contributed by atoms with Gasteiger partial charge in [0.2, 0.25) is 0 Å². The summed E-state index contributed by atoms with van der Waals surface area (Å²) in [5, 5.41) is 0. The number of likely N-dealkylation sites (N-methyl/N-ethyl adjacent to an activating group) is 1. The molecule has 0 aromatic heterocycles. The van der Waals surface area contributed by atoms with E-state index in [-0.39, 0.29) is 0 Å². The summed E-state index contributed by atoms with van der Waals surface area (Å²) in [6.07, 6.45) is 2.66. The second kappa shape index (κ2) is 7.99. The largest absolute Gasteiger partial charge is 0.305 e. The van der Waals surface area contributed by atoms with Crippen LogP contribution in [0.4, 0.5) is 0 Å². The highest BCUT2D eigenvalue weighted by molar-refractivity contribution is 5.14. The van der Waals surface area contributed by atoms with Gasteiger partial charge in [0.1, 0.15) is 0 Å². The molecule has 0 amide bonds. The molecule has 2 atom stereocenters. The third-order valence-corrected chi connectivity index (χ3v) is 6.20. The van der Waals surface area contributed by atoms with E-state index in [1.807, 2.05) is 0 Å². The molecule has 24 heavy (non-hydrogen) atoms.